The zero-order chi connectivity index (χ0) is 6.97. The van der Waals surface area contributed by atoms with Crippen molar-refractivity contribution in [2.24, 2.45) is 11.8 Å². The van der Waals surface area contributed by atoms with Gasteiger partial charge >= 0.3 is 0 Å². The van der Waals surface area contributed by atoms with Crippen molar-refractivity contribution in [2.45, 2.75) is 38.7 Å². The average Bonchev–Trinajstić information content (AvgIpc) is 2.48. The molecule has 0 radical (unpaired) electrons. The Morgan fingerprint density at radius 3 is 2.70 bits per heavy atom. The molecular weight excluding hydrogens is 124 g/mol. The zero-order valence-electron chi connectivity index (χ0n) is 6.68. The van der Waals surface area contributed by atoms with Gasteiger partial charge in [0.2, 0.25) is 0 Å². The van der Waals surface area contributed by atoms with Gasteiger partial charge in [-0.2, -0.15) is 0 Å². The van der Waals surface area contributed by atoms with Gasteiger partial charge in [0.25, 0.3) is 0 Å². The van der Waals surface area contributed by atoms with E-state index < -0.39 is 0 Å². The molecule has 1 nitrogen and oxygen atoms in total. The predicted octanol–water partition coefficient (Wildman–Crippen LogP) is 2.21. The first-order valence-electron chi connectivity index (χ1n) is 4.51. The van der Waals surface area contributed by atoms with E-state index >= 15 is 0 Å². The van der Waals surface area contributed by atoms with Crippen molar-refractivity contribution in [1.29, 1.82) is 0 Å². The zero-order valence-corrected chi connectivity index (χ0v) is 6.68. The quantitative estimate of drug-likeness (QED) is 0.571. The van der Waals surface area contributed by atoms with Crippen molar-refractivity contribution in [3.63, 3.8) is 0 Å². The first kappa shape index (κ1) is 6.66. The molecule has 2 aliphatic rings. The second kappa shape index (κ2) is 2.54. The minimum Gasteiger partial charge on any atom is -0.378 e. The van der Waals surface area contributed by atoms with Crippen LogP contribution in [-0.2, 0) is 4.74 Å². The van der Waals surface area contributed by atoms with Gasteiger partial charge < -0.3 is 4.74 Å². The van der Waals surface area contributed by atoms with Crippen LogP contribution in [0, 0.1) is 11.8 Å². The lowest BCUT2D eigenvalue weighted by Crippen LogP contribution is -2.19. The van der Waals surface area contributed by atoms with Crippen molar-refractivity contribution < 1.29 is 4.74 Å². The van der Waals surface area contributed by atoms with E-state index in [0.29, 0.717) is 6.10 Å². The highest BCUT2D eigenvalue weighted by molar-refractivity contribution is 4.90. The molecule has 58 valence electrons. The monoisotopic (exact) mass is 140 g/mol. The van der Waals surface area contributed by atoms with Crippen LogP contribution in [0.2, 0.25) is 0 Å². The fourth-order valence-corrected chi connectivity index (χ4v) is 2.60. The number of rotatable bonds is 2. The number of hydrogen-bond acceptors (Lipinski definition) is 1. The Morgan fingerprint density at radius 1 is 1.30 bits per heavy atom. The van der Waals surface area contributed by atoms with Crippen LogP contribution < -0.4 is 0 Å². The first-order chi connectivity index (χ1) is 4.90. The lowest BCUT2D eigenvalue weighted by Gasteiger charge is -2.20. The van der Waals surface area contributed by atoms with Crippen LogP contribution in [0.15, 0.2) is 0 Å². The number of hydrogen-bond donors (Lipinski definition) is 0. The SMILES string of the molecule is CCO[C@@H]1C[C@H]2CC[C@@H]1C2. The normalized spacial score (nSPS) is 44.7. The van der Waals surface area contributed by atoms with Crippen molar-refractivity contribution in [2.75, 3.05) is 6.61 Å². The molecule has 0 spiro atoms. The van der Waals surface area contributed by atoms with Gasteiger partial charge in [0, 0.05) is 6.61 Å². The predicted molar refractivity (Wildman–Crippen MR) is 40.9 cm³/mol. The molecule has 0 aromatic heterocycles. The summed E-state index contributed by atoms with van der Waals surface area (Å²) >= 11 is 0. The Hall–Kier alpha value is -0.0400. The average molecular weight is 140 g/mol. The molecule has 0 amide bonds. The van der Waals surface area contributed by atoms with Crippen LogP contribution in [0.1, 0.15) is 32.6 Å². The van der Waals surface area contributed by atoms with Crippen molar-refractivity contribution in [3.8, 4) is 0 Å². The third kappa shape index (κ3) is 0.968. The molecule has 2 rings (SSSR count). The third-order valence-electron chi connectivity index (χ3n) is 3.05. The molecule has 2 fully saturated rings. The van der Waals surface area contributed by atoms with Crippen molar-refractivity contribution in [1.82, 2.24) is 0 Å². The van der Waals surface area contributed by atoms with Gasteiger partial charge in [0.05, 0.1) is 6.10 Å². The minimum atomic E-state index is 0.642. The van der Waals surface area contributed by atoms with E-state index in [1.54, 1.807) is 0 Å². The lowest BCUT2D eigenvalue weighted by atomic mass is 9.98. The molecule has 0 aromatic rings. The van der Waals surface area contributed by atoms with Crippen molar-refractivity contribution in [3.05, 3.63) is 0 Å². The van der Waals surface area contributed by atoms with E-state index in [1.165, 1.54) is 25.7 Å². The summed E-state index contributed by atoms with van der Waals surface area (Å²) in [5.41, 5.74) is 0. The maximum Gasteiger partial charge on any atom is 0.0605 e. The number of fused-ring (bicyclic) bond motifs is 2. The van der Waals surface area contributed by atoms with Gasteiger partial charge in [0.15, 0.2) is 0 Å². The number of ether oxygens (including phenoxy) is 1. The molecule has 3 atom stereocenters. The fraction of sp³-hybridized carbons (Fsp3) is 1.00. The maximum atomic E-state index is 5.64. The highest BCUT2D eigenvalue weighted by Gasteiger charge is 2.39. The summed E-state index contributed by atoms with van der Waals surface area (Å²) in [6.45, 7) is 3.01. The first-order valence-corrected chi connectivity index (χ1v) is 4.51. The van der Waals surface area contributed by atoms with Gasteiger partial charge in [-0.1, -0.05) is 0 Å². The van der Waals surface area contributed by atoms with Crippen LogP contribution in [0.3, 0.4) is 0 Å². The lowest BCUT2D eigenvalue weighted by molar-refractivity contribution is 0.0245. The van der Waals surface area contributed by atoms with Gasteiger partial charge in [-0.05, 0) is 44.4 Å². The summed E-state index contributed by atoms with van der Waals surface area (Å²) in [6.07, 6.45) is 6.39. The standard InChI is InChI=1S/C9H16O/c1-2-10-9-6-7-3-4-8(9)5-7/h7-9H,2-6H2,1H3/t7-,8+,9+/m0/s1. The van der Waals surface area contributed by atoms with E-state index in [9.17, 15) is 0 Å². The summed E-state index contributed by atoms with van der Waals surface area (Å²) in [5.74, 6) is 1.96. The summed E-state index contributed by atoms with van der Waals surface area (Å²) < 4.78 is 5.64. The molecule has 0 N–H and O–H groups in total. The Balaban J connectivity index is 1.90. The van der Waals surface area contributed by atoms with E-state index in [-0.39, 0.29) is 0 Å². The van der Waals surface area contributed by atoms with Gasteiger partial charge in [-0.25, -0.2) is 0 Å². The molecule has 2 bridgehead atoms. The second-order valence-electron chi connectivity index (χ2n) is 3.67. The van der Waals surface area contributed by atoms with Crippen LogP contribution in [-0.4, -0.2) is 12.7 Å². The second-order valence-corrected chi connectivity index (χ2v) is 3.67. The van der Waals surface area contributed by atoms with Gasteiger partial charge in [-0.15, -0.1) is 0 Å². The Morgan fingerprint density at radius 2 is 2.20 bits per heavy atom. The van der Waals surface area contributed by atoms with Crippen LogP contribution >= 0.6 is 0 Å². The van der Waals surface area contributed by atoms with E-state index in [1.807, 2.05) is 0 Å². The van der Waals surface area contributed by atoms with Crippen molar-refractivity contribution >= 4 is 0 Å². The maximum absolute atomic E-state index is 5.64. The minimum absolute atomic E-state index is 0.642. The molecule has 1 heteroatoms. The van der Waals surface area contributed by atoms with E-state index in [0.717, 1.165) is 18.4 Å². The third-order valence-corrected chi connectivity index (χ3v) is 3.05. The Kier molecular flexibility index (Phi) is 1.69. The van der Waals surface area contributed by atoms with E-state index in [2.05, 4.69) is 6.92 Å². The molecule has 0 aliphatic heterocycles. The molecule has 0 aromatic carbocycles. The topological polar surface area (TPSA) is 9.23 Å². The summed E-state index contributed by atoms with van der Waals surface area (Å²) in [5, 5.41) is 0. The van der Waals surface area contributed by atoms with Crippen LogP contribution in [0.25, 0.3) is 0 Å². The summed E-state index contributed by atoms with van der Waals surface area (Å²) in [6, 6.07) is 0. The summed E-state index contributed by atoms with van der Waals surface area (Å²) in [4.78, 5) is 0. The molecule has 0 unspecified atom stereocenters. The largest absolute Gasteiger partial charge is 0.378 e. The van der Waals surface area contributed by atoms with E-state index in [4.69, 9.17) is 4.74 Å². The van der Waals surface area contributed by atoms with Crippen LogP contribution in [0.4, 0.5) is 0 Å². The molecular formula is C9H16O. The van der Waals surface area contributed by atoms with Crippen LogP contribution in [0.5, 0.6) is 0 Å². The highest BCUT2D eigenvalue weighted by atomic mass is 16.5. The summed E-state index contributed by atoms with van der Waals surface area (Å²) in [7, 11) is 0. The molecule has 0 saturated heterocycles. The Labute approximate surface area is 62.8 Å². The molecule has 2 saturated carbocycles. The molecule has 0 heterocycles. The van der Waals surface area contributed by atoms with Gasteiger partial charge in [0.1, 0.15) is 0 Å². The molecule has 2 aliphatic carbocycles. The Bertz CT molecular complexity index is 122. The molecule has 10 heavy (non-hydrogen) atoms. The fourth-order valence-electron chi connectivity index (χ4n) is 2.60. The smallest absolute Gasteiger partial charge is 0.0605 e. The highest BCUT2D eigenvalue weighted by Crippen LogP contribution is 2.45. The van der Waals surface area contributed by atoms with Gasteiger partial charge in [-0.3, -0.25) is 0 Å².